The fraction of sp³-hybridized carbons (Fsp3) is 0.600. The van der Waals surface area contributed by atoms with Crippen LogP contribution < -0.4 is 11.1 Å². The smallest absolute Gasteiger partial charge is 0.410 e. The Labute approximate surface area is 156 Å². The van der Waals surface area contributed by atoms with Crippen LogP contribution in [0.2, 0.25) is 0 Å². The van der Waals surface area contributed by atoms with Crippen molar-refractivity contribution in [2.75, 3.05) is 19.6 Å². The van der Waals surface area contributed by atoms with Gasteiger partial charge in [0.25, 0.3) is 0 Å². The van der Waals surface area contributed by atoms with Gasteiger partial charge < -0.3 is 20.7 Å². The molecule has 1 atom stereocenters. The summed E-state index contributed by atoms with van der Waals surface area (Å²) in [5.74, 6) is 0.241. The molecule has 1 aliphatic rings. The number of carbonyl (C=O) groups excluding carboxylic acids is 2. The Morgan fingerprint density at radius 2 is 1.85 bits per heavy atom. The number of piperidine rings is 1. The van der Waals surface area contributed by atoms with Crippen molar-refractivity contribution in [1.82, 2.24) is 10.2 Å². The van der Waals surface area contributed by atoms with Gasteiger partial charge in [-0.3, -0.25) is 4.79 Å². The average molecular weight is 361 g/mol. The number of amides is 2. The minimum atomic E-state index is -0.542. The fourth-order valence-corrected chi connectivity index (χ4v) is 2.98. The first kappa shape index (κ1) is 20.2. The van der Waals surface area contributed by atoms with Crippen LogP contribution in [0.25, 0.3) is 0 Å². The van der Waals surface area contributed by atoms with Gasteiger partial charge in [0.2, 0.25) is 5.91 Å². The Bertz CT molecular complexity index is 590. The molecule has 6 heteroatoms. The molecule has 1 fully saturated rings. The van der Waals surface area contributed by atoms with Crippen LogP contribution in [-0.2, 0) is 16.0 Å². The highest BCUT2D eigenvalue weighted by Crippen LogP contribution is 2.19. The number of nitrogens with two attached hydrogens (primary N) is 1. The molecule has 0 radical (unpaired) electrons. The lowest BCUT2D eigenvalue weighted by Gasteiger charge is -2.33. The molecule has 2 amide bonds. The third kappa shape index (κ3) is 6.67. The number of ether oxygens (including phenoxy) is 1. The van der Waals surface area contributed by atoms with E-state index in [0.29, 0.717) is 32.0 Å². The number of hydrogen-bond donors (Lipinski definition) is 2. The molecule has 2 rings (SSSR count). The number of rotatable bonds is 5. The van der Waals surface area contributed by atoms with Gasteiger partial charge in [-0.1, -0.05) is 30.3 Å². The van der Waals surface area contributed by atoms with Gasteiger partial charge in [-0.2, -0.15) is 0 Å². The van der Waals surface area contributed by atoms with Crippen molar-refractivity contribution in [3.8, 4) is 0 Å². The van der Waals surface area contributed by atoms with Crippen LogP contribution in [0.3, 0.4) is 0 Å². The molecular formula is C20H31N3O3. The first-order valence-electron chi connectivity index (χ1n) is 9.30. The summed E-state index contributed by atoms with van der Waals surface area (Å²) in [5, 5.41) is 2.96. The molecule has 0 aliphatic carbocycles. The number of hydrogen-bond acceptors (Lipinski definition) is 4. The predicted molar refractivity (Wildman–Crippen MR) is 102 cm³/mol. The summed E-state index contributed by atoms with van der Waals surface area (Å²) < 4.78 is 5.40. The molecule has 0 saturated carbocycles. The molecule has 3 N–H and O–H groups in total. The molecule has 1 aromatic carbocycles. The van der Waals surface area contributed by atoms with E-state index in [2.05, 4.69) is 5.32 Å². The summed E-state index contributed by atoms with van der Waals surface area (Å²) in [5.41, 5.74) is 6.58. The second kappa shape index (κ2) is 9.03. The molecule has 1 heterocycles. The van der Waals surface area contributed by atoms with Gasteiger partial charge in [-0.15, -0.1) is 0 Å². The van der Waals surface area contributed by atoms with Crippen molar-refractivity contribution in [3.05, 3.63) is 35.9 Å². The summed E-state index contributed by atoms with van der Waals surface area (Å²) in [4.78, 5) is 26.0. The normalized spacial score (nSPS) is 16.8. The molecule has 0 aromatic heterocycles. The average Bonchev–Trinajstić information content (AvgIpc) is 2.59. The largest absolute Gasteiger partial charge is 0.444 e. The van der Waals surface area contributed by atoms with E-state index in [1.165, 1.54) is 0 Å². The van der Waals surface area contributed by atoms with E-state index in [1.54, 1.807) is 4.90 Å². The van der Waals surface area contributed by atoms with Crippen LogP contribution in [-0.4, -0.2) is 48.2 Å². The molecule has 1 aromatic rings. The lowest BCUT2D eigenvalue weighted by Crippen LogP contribution is -2.46. The summed E-state index contributed by atoms with van der Waals surface area (Å²) in [7, 11) is 0. The van der Waals surface area contributed by atoms with Crippen molar-refractivity contribution < 1.29 is 14.3 Å². The van der Waals surface area contributed by atoms with Crippen LogP contribution >= 0.6 is 0 Å². The fourth-order valence-electron chi connectivity index (χ4n) is 2.98. The Morgan fingerprint density at radius 1 is 1.23 bits per heavy atom. The maximum Gasteiger partial charge on any atom is 0.410 e. The highest BCUT2D eigenvalue weighted by Gasteiger charge is 2.27. The Morgan fingerprint density at radius 3 is 2.42 bits per heavy atom. The van der Waals surface area contributed by atoms with E-state index < -0.39 is 11.6 Å². The SMILES string of the molecule is CC(C)(C)OC(=O)N1CCC(CNC(=O)C(N)Cc2ccccc2)CC1. The predicted octanol–water partition coefficient (Wildman–Crippen LogP) is 2.32. The molecule has 144 valence electrons. The quantitative estimate of drug-likeness (QED) is 0.843. The van der Waals surface area contributed by atoms with Crippen molar-refractivity contribution in [2.45, 2.75) is 51.7 Å². The third-order valence-electron chi connectivity index (χ3n) is 4.47. The first-order chi connectivity index (χ1) is 12.2. The maximum absolute atomic E-state index is 12.2. The summed E-state index contributed by atoms with van der Waals surface area (Å²) in [6.07, 6.45) is 1.98. The second-order valence-corrected chi connectivity index (χ2v) is 7.95. The molecule has 26 heavy (non-hydrogen) atoms. The van der Waals surface area contributed by atoms with Crippen molar-refractivity contribution in [1.29, 1.82) is 0 Å². The highest BCUT2D eigenvalue weighted by atomic mass is 16.6. The molecule has 1 aliphatic heterocycles. The van der Waals surface area contributed by atoms with Crippen molar-refractivity contribution in [2.24, 2.45) is 11.7 Å². The molecule has 0 spiro atoms. The molecule has 1 saturated heterocycles. The van der Waals surface area contributed by atoms with Crippen molar-refractivity contribution in [3.63, 3.8) is 0 Å². The van der Waals surface area contributed by atoms with Crippen LogP contribution in [0.4, 0.5) is 4.79 Å². The minimum absolute atomic E-state index is 0.122. The van der Waals surface area contributed by atoms with Gasteiger partial charge in [0.1, 0.15) is 5.60 Å². The Kier molecular flexibility index (Phi) is 7.03. The molecular weight excluding hydrogens is 330 g/mol. The van der Waals surface area contributed by atoms with Gasteiger partial charge in [-0.25, -0.2) is 4.79 Å². The number of nitrogens with zero attached hydrogens (tertiary/aromatic N) is 1. The van der Waals surface area contributed by atoms with Crippen LogP contribution in [0.1, 0.15) is 39.2 Å². The molecule has 1 unspecified atom stereocenters. The monoisotopic (exact) mass is 361 g/mol. The van der Waals surface area contributed by atoms with Gasteiger partial charge in [0.05, 0.1) is 6.04 Å². The molecule has 6 nitrogen and oxygen atoms in total. The minimum Gasteiger partial charge on any atom is -0.444 e. The highest BCUT2D eigenvalue weighted by molar-refractivity contribution is 5.81. The zero-order valence-electron chi connectivity index (χ0n) is 16.0. The number of carbonyl (C=O) groups is 2. The first-order valence-corrected chi connectivity index (χ1v) is 9.30. The van der Waals surface area contributed by atoms with Gasteiger partial charge in [0, 0.05) is 19.6 Å². The van der Waals surface area contributed by atoms with Gasteiger partial charge >= 0.3 is 6.09 Å². The van der Waals surface area contributed by atoms with E-state index in [9.17, 15) is 9.59 Å². The van der Waals surface area contributed by atoms with Crippen molar-refractivity contribution >= 4 is 12.0 Å². The Balaban J connectivity index is 1.69. The summed E-state index contributed by atoms with van der Waals surface area (Å²) >= 11 is 0. The van der Waals surface area contributed by atoms with Gasteiger partial charge in [-0.05, 0) is 51.5 Å². The second-order valence-electron chi connectivity index (χ2n) is 7.95. The topological polar surface area (TPSA) is 84.7 Å². The maximum atomic E-state index is 12.2. The zero-order valence-corrected chi connectivity index (χ0v) is 16.0. The van der Waals surface area contributed by atoms with Gasteiger partial charge in [0.15, 0.2) is 0 Å². The van der Waals surface area contributed by atoms with E-state index >= 15 is 0 Å². The van der Waals surface area contributed by atoms with E-state index in [-0.39, 0.29) is 12.0 Å². The van der Waals surface area contributed by atoms with E-state index in [4.69, 9.17) is 10.5 Å². The Hall–Kier alpha value is -2.08. The lowest BCUT2D eigenvalue weighted by atomic mass is 9.96. The number of benzene rings is 1. The van der Waals surface area contributed by atoms with E-state index in [1.807, 2.05) is 51.1 Å². The lowest BCUT2D eigenvalue weighted by molar-refractivity contribution is -0.122. The third-order valence-corrected chi connectivity index (χ3v) is 4.47. The van der Waals surface area contributed by atoms with Crippen LogP contribution in [0.15, 0.2) is 30.3 Å². The number of likely N-dealkylation sites (tertiary alicyclic amines) is 1. The van der Waals surface area contributed by atoms with Crippen LogP contribution in [0, 0.1) is 5.92 Å². The summed E-state index contributed by atoms with van der Waals surface area (Å²) in [6.45, 7) is 7.52. The van der Waals surface area contributed by atoms with E-state index in [0.717, 1.165) is 18.4 Å². The number of nitrogens with one attached hydrogen (secondary N) is 1. The molecule has 0 bridgehead atoms. The zero-order chi connectivity index (χ0) is 19.2. The standard InChI is InChI=1S/C20H31N3O3/c1-20(2,3)26-19(25)23-11-9-16(10-12-23)14-22-18(24)17(21)13-15-7-5-4-6-8-15/h4-8,16-17H,9-14,21H2,1-3H3,(H,22,24). The summed E-state index contributed by atoms with van der Waals surface area (Å²) in [6, 6.07) is 9.23. The van der Waals surface area contributed by atoms with Crippen LogP contribution in [0.5, 0.6) is 0 Å².